The Hall–Kier alpha value is -3.22. The number of benzene rings is 2. The smallest absolute Gasteiger partial charge is 0.230 e. The summed E-state index contributed by atoms with van der Waals surface area (Å²) in [6.45, 7) is 0. The average molecular weight is 441 g/mol. The molecule has 150 valence electrons. The fraction of sp³-hybridized carbons (Fsp3) is 0.0455. The molecule has 0 aliphatic heterocycles. The Morgan fingerprint density at radius 2 is 1.70 bits per heavy atom. The molecule has 1 amide bonds. The van der Waals surface area contributed by atoms with Crippen LogP contribution in [-0.2, 0) is 11.2 Å². The molecule has 0 bridgehead atoms. The number of pyridine rings is 1. The highest BCUT2D eigenvalue weighted by Crippen LogP contribution is 2.36. The lowest BCUT2D eigenvalue weighted by atomic mass is 10.0. The van der Waals surface area contributed by atoms with Gasteiger partial charge < -0.3 is 5.32 Å². The van der Waals surface area contributed by atoms with Crippen LogP contribution in [0.3, 0.4) is 0 Å². The largest absolute Gasteiger partial charge is 0.308 e. The van der Waals surface area contributed by atoms with Gasteiger partial charge in [0.1, 0.15) is 5.82 Å². The summed E-state index contributed by atoms with van der Waals surface area (Å²) in [6.07, 6.45) is 3.40. The SMILES string of the molecule is O=C(Cc1ccc(Cl)c(Cl)c1)Nc1n[nH]c(-c2ccc(F)cc2)c1-c1ccncc1. The lowest BCUT2D eigenvalue weighted by Crippen LogP contribution is -2.15. The van der Waals surface area contributed by atoms with Crippen molar-refractivity contribution in [2.45, 2.75) is 6.42 Å². The fourth-order valence-electron chi connectivity index (χ4n) is 3.07. The topological polar surface area (TPSA) is 70.7 Å². The first kappa shape index (κ1) is 20.1. The number of anilines is 1. The van der Waals surface area contributed by atoms with Crippen LogP contribution in [0.1, 0.15) is 5.56 Å². The molecule has 0 spiro atoms. The number of hydrogen-bond donors (Lipinski definition) is 2. The van der Waals surface area contributed by atoms with E-state index >= 15 is 0 Å². The Balaban J connectivity index is 1.66. The first-order valence-corrected chi connectivity index (χ1v) is 9.75. The number of aromatic nitrogens is 3. The molecular formula is C22H15Cl2FN4O. The van der Waals surface area contributed by atoms with E-state index in [2.05, 4.69) is 20.5 Å². The van der Waals surface area contributed by atoms with Gasteiger partial charge >= 0.3 is 0 Å². The van der Waals surface area contributed by atoms with Crippen LogP contribution >= 0.6 is 23.2 Å². The van der Waals surface area contributed by atoms with Gasteiger partial charge in [0.05, 0.1) is 27.7 Å². The number of H-pyrrole nitrogens is 1. The van der Waals surface area contributed by atoms with E-state index in [4.69, 9.17) is 23.2 Å². The summed E-state index contributed by atoms with van der Waals surface area (Å²) in [6, 6.07) is 14.7. The van der Waals surface area contributed by atoms with Gasteiger partial charge in [0.2, 0.25) is 5.91 Å². The Morgan fingerprint density at radius 1 is 0.967 bits per heavy atom. The van der Waals surface area contributed by atoms with Crippen molar-refractivity contribution in [3.05, 3.63) is 88.4 Å². The van der Waals surface area contributed by atoms with Crippen molar-refractivity contribution >= 4 is 34.9 Å². The van der Waals surface area contributed by atoms with Crippen LogP contribution in [0.15, 0.2) is 67.0 Å². The van der Waals surface area contributed by atoms with Gasteiger partial charge in [-0.1, -0.05) is 29.3 Å². The predicted octanol–water partition coefficient (Wildman–Crippen LogP) is 5.77. The maximum absolute atomic E-state index is 13.4. The normalized spacial score (nSPS) is 10.8. The Kier molecular flexibility index (Phi) is 5.79. The second-order valence-electron chi connectivity index (χ2n) is 6.54. The van der Waals surface area contributed by atoms with Crippen LogP contribution in [-0.4, -0.2) is 21.1 Å². The number of nitrogens with zero attached hydrogens (tertiary/aromatic N) is 2. The maximum Gasteiger partial charge on any atom is 0.230 e. The predicted molar refractivity (Wildman–Crippen MR) is 116 cm³/mol. The zero-order valence-corrected chi connectivity index (χ0v) is 17.0. The number of amides is 1. The van der Waals surface area contributed by atoms with E-state index in [1.165, 1.54) is 12.1 Å². The van der Waals surface area contributed by atoms with Gasteiger partial charge in [-0.05, 0) is 59.7 Å². The second-order valence-corrected chi connectivity index (χ2v) is 7.35. The van der Waals surface area contributed by atoms with E-state index in [1.54, 1.807) is 42.7 Å². The molecule has 5 nitrogen and oxygen atoms in total. The van der Waals surface area contributed by atoms with Gasteiger partial charge in [-0.25, -0.2) is 4.39 Å². The van der Waals surface area contributed by atoms with Gasteiger partial charge in [0, 0.05) is 18.0 Å². The number of halogens is 3. The van der Waals surface area contributed by atoms with Crippen molar-refractivity contribution in [1.29, 1.82) is 0 Å². The van der Waals surface area contributed by atoms with Crippen molar-refractivity contribution in [3.63, 3.8) is 0 Å². The average Bonchev–Trinajstić information content (AvgIpc) is 3.15. The first-order valence-electron chi connectivity index (χ1n) is 9.00. The van der Waals surface area contributed by atoms with E-state index in [1.807, 2.05) is 12.1 Å². The van der Waals surface area contributed by atoms with Crippen LogP contribution < -0.4 is 5.32 Å². The van der Waals surface area contributed by atoms with Crippen LogP contribution in [0.4, 0.5) is 10.2 Å². The number of rotatable bonds is 5. The molecule has 0 aliphatic rings. The lowest BCUT2D eigenvalue weighted by molar-refractivity contribution is -0.115. The molecule has 2 aromatic carbocycles. The summed E-state index contributed by atoms with van der Waals surface area (Å²) in [7, 11) is 0. The van der Waals surface area contributed by atoms with Crippen LogP contribution in [0.25, 0.3) is 22.4 Å². The summed E-state index contributed by atoms with van der Waals surface area (Å²) in [4.78, 5) is 16.7. The van der Waals surface area contributed by atoms with Crippen molar-refractivity contribution in [2.24, 2.45) is 0 Å². The zero-order chi connectivity index (χ0) is 21.1. The summed E-state index contributed by atoms with van der Waals surface area (Å²) in [5.41, 5.74) is 3.61. The molecule has 0 atom stereocenters. The molecule has 2 aromatic heterocycles. The quantitative estimate of drug-likeness (QED) is 0.413. The highest BCUT2D eigenvalue weighted by Gasteiger charge is 2.19. The third-order valence-corrected chi connectivity index (χ3v) is 5.21. The molecule has 0 saturated heterocycles. The molecule has 2 heterocycles. The zero-order valence-electron chi connectivity index (χ0n) is 15.5. The second kappa shape index (κ2) is 8.65. The number of aromatic amines is 1. The van der Waals surface area contributed by atoms with Gasteiger partial charge in [-0.15, -0.1) is 0 Å². The van der Waals surface area contributed by atoms with Gasteiger partial charge in [-0.2, -0.15) is 5.10 Å². The molecule has 4 rings (SSSR count). The minimum atomic E-state index is -0.334. The number of hydrogen-bond acceptors (Lipinski definition) is 3. The van der Waals surface area contributed by atoms with Crippen molar-refractivity contribution in [1.82, 2.24) is 15.2 Å². The molecule has 0 saturated carbocycles. The van der Waals surface area contributed by atoms with Gasteiger partial charge in [0.15, 0.2) is 5.82 Å². The highest BCUT2D eigenvalue weighted by atomic mass is 35.5. The third kappa shape index (κ3) is 4.35. The number of carbonyl (C=O) groups excluding carboxylic acids is 1. The van der Waals surface area contributed by atoms with E-state index in [0.29, 0.717) is 27.1 Å². The molecule has 2 N–H and O–H groups in total. The van der Waals surface area contributed by atoms with Crippen molar-refractivity contribution < 1.29 is 9.18 Å². The van der Waals surface area contributed by atoms with E-state index in [9.17, 15) is 9.18 Å². The van der Waals surface area contributed by atoms with Crippen LogP contribution in [0.5, 0.6) is 0 Å². The van der Waals surface area contributed by atoms with E-state index in [0.717, 1.165) is 16.7 Å². The monoisotopic (exact) mass is 440 g/mol. The Labute approximate surface area is 181 Å². The van der Waals surface area contributed by atoms with E-state index < -0.39 is 0 Å². The minimum absolute atomic E-state index is 0.103. The molecule has 0 radical (unpaired) electrons. The summed E-state index contributed by atoms with van der Waals surface area (Å²) in [5, 5.41) is 10.9. The standard InChI is InChI=1S/C22H15Cl2FN4O/c23-17-6-1-13(11-18(17)24)12-19(30)27-22-20(14-7-9-26-10-8-14)21(28-29-22)15-2-4-16(25)5-3-15/h1-11H,12H2,(H2,27,28,29,30). The highest BCUT2D eigenvalue weighted by molar-refractivity contribution is 6.42. The molecule has 0 fully saturated rings. The summed E-state index contributed by atoms with van der Waals surface area (Å²) >= 11 is 12.0. The van der Waals surface area contributed by atoms with Crippen LogP contribution in [0, 0.1) is 5.82 Å². The third-order valence-electron chi connectivity index (χ3n) is 4.47. The van der Waals surface area contributed by atoms with Gasteiger partial charge in [-0.3, -0.25) is 14.9 Å². The summed E-state index contributed by atoms with van der Waals surface area (Å²) < 4.78 is 13.4. The molecule has 30 heavy (non-hydrogen) atoms. The molecule has 4 aromatic rings. The minimum Gasteiger partial charge on any atom is -0.308 e. The maximum atomic E-state index is 13.4. The van der Waals surface area contributed by atoms with E-state index in [-0.39, 0.29) is 18.1 Å². The fourth-order valence-corrected chi connectivity index (χ4v) is 3.39. The number of carbonyl (C=O) groups is 1. The van der Waals surface area contributed by atoms with Gasteiger partial charge in [0.25, 0.3) is 0 Å². The van der Waals surface area contributed by atoms with Crippen molar-refractivity contribution in [2.75, 3.05) is 5.32 Å². The lowest BCUT2D eigenvalue weighted by Gasteiger charge is -2.08. The summed E-state index contributed by atoms with van der Waals surface area (Å²) in [5.74, 6) is -0.231. The Bertz CT molecular complexity index is 1190. The van der Waals surface area contributed by atoms with Crippen molar-refractivity contribution in [3.8, 4) is 22.4 Å². The molecular weight excluding hydrogens is 426 g/mol. The Morgan fingerprint density at radius 3 is 2.40 bits per heavy atom. The molecule has 0 aliphatic carbocycles. The molecule has 0 unspecified atom stereocenters. The van der Waals surface area contributed by atoms with Crippen LogP contribution in [0.2, 0.25) is 10.0 Å². The molecule has 8 heteroatoms. The first-order chi connectivity index (χ1) is 14.5. The number of nitrogens with one attached hydrogen (secondary N) is 2.